The zero-order chi connectivity index (χ0) is 12.1. The van der Waals surface area contributed by atoms with Gasteiger partial charge in [0.1, 0.15) is 5.01 Å². The Labute approximate surface area is 111 Å². The van der Waals surface area contributed by atoms with Crippen LogP contribution in [0.3, 0.4) is 0 Å². The third kappa shape index (κ3) is 3.82. The van der Waals surface area contributed by atoms with Crippen molar-refractivity contribution in [2.75, 3.05) is 31.7 Å². The molecule has 1 N–H and O–H groups in total. The Hall–Kier alpha value is -0.330. The summed E-state index contributed by atoms with van der Waals surface area (Å²) in [6, 6.07) is 0. The molecule has 0 bridgehead atoms. The van der Waals surface area contributed by atoms with Crippen LogP contribution in [0.4, 0.5) is 5.13 Å². The minimum atomic E-state index is 0.849. The Morgan fingerprint density at radius 2 is 2.29 bits per heavy atom. The highest BCUT2D eigenvalue weighted by atomic mass is 32.2. The van der Waals surface area contributed by atoms with E-state index in [1.54, 1.807) is 11.3 Å². The van der Waals surface area contributed by atoms with E-state index in [1.165, 1.54) is 32.4 Å². The van der Waals surface area contributed by atoms with Crippen molar-refractivity contribution in [3.8, 4) is 0 Å². The van der Waals surface area contributed by atoms with E-state index in [-0.39, 0.29) is 0 Å². The Morgan fingerprint density at radius 1 is 1.41 bits per heavy atom. The molecule has 1 aliphatic rings. The van der Waals surface area contributed by atoms with Gasteiger partial charge in [-0.2, -0.15) is 11.8 Å². The van der Waals surface area contributed by atoms with Crippen molar-refractivity contribution in [1.82, 2.24) is 15.1 Å². The first-order chi connectivity index (χ1) is 8.31. The predicted octanol–water partition coefficient (Wildman–Crippen LogP) is 2.30. The molecule has 0 aromatic carbocycles. The molecule has 4 nitrogen and oxygen atoms in total. The van der Waals surface area contributed by atoms with E-state index in [2.05, 4.69) is 26.7 Å². The maximum atomic E-state index is 4.21. The summed E-state index contributed by atoms with van der Waals surface area (Å²) in [6.07, 6.45) is 6.20. The molecular weight excluding hydrogens is 252 g/mol. The molecule has 17 heavy (non-hydrogen) atoms. The van der Waals surface area contributed by atoms with Crippen LogP contribution in [-0.2, 0) is 6.54 Å². The summed E-state index contributed by atoms with van der Waals surface area (Å²) in [6.45, 7) is 3.35. The number of likely N-dealkylation sites (tertiary alicyclic amines) is 1. The van der Waals surface area contributed by atoms with Crippen molar-refractivity contribution in [3.63, 3.8) is 0 Å². The Kier molecular flexibility index (Phi) is 5.06. The summed E-state index contributed by atoms with van der Waals surface area (Å²) in [7, 11) is 1.89. The van der Waals surface area contributed by atoms with Gasteiger partial charge in [0.05, 0.1) is 6.54 Å². The van der Waals surface area contributed by atoms with Crippen molar-refractivity contribution in [1.29, 1.82) is 0 Å². The Balaban J connectivity index is 1.86. The van der Waals surface area contributed by atoms with Gasteiger partial charge in [0, 0.05) is 12.3 Å². The first kappa shape index (κ1) is 13.1. The zero-order valence-corrected chi connectivity index (χ0v) is 12.1. The minimum Gasteiger partial charge on any atom is -0.363 e. The largest absolute Gasteiger partial charge is 0.363 e. The summed E-state index contributed by atoms with van der Waals surface area (Å²) >= 11 is 3.67. The number of aromatic nitrogens is 2. The standard InChI is InChI=1S/C11H20N4S2/c1-12-11-14-13-10(17-11)8-15-6-3-4-9(16-2)5-7-15/h9H,3-8H2,1-2H3,(H,12,14). The zero-order valence-electron chi connectivity index (χ0n) is 10.5. The van der Waals surface area contributed by atoms with Crippen LogP contribution in [0.5, 0.6) is 0 Å². The maximum absolute atomic E-state index is 4.21. The molecule has 6 heteroatoms. The van der Waals surface area contributed by atoms with Crippen LogP contribution in [0, 0.1) is 0 Å². The predicted molar refractivity (Wildman–Crippen MR) is 75.9 cm³/mol. The second kappa shape index (κ2) is 6.56. The molecule has 2 rings (SSSR count). The van der Waals surface area contributed by atoms with Gasteiger partial charge >= 0.3 is 0 Å². The van der Waals surface area contributed by atoms with Crippen LogP contribution < -0.4 is 5.32 Å². The summed E-state index contributed by atoms with van der Waals surface area (Å²) in [5, 5.41) is 14.2. The lowest BCUT2D eigenvalue weighted by Gasteiger charge is -2.17. The average Bonchev–Trinajstić information content (AvgIpc) is 2.68. The molecule has 2 heterocycles. The van der Waals surface area contributed by atoms with Crippen molar-refractivity contribution in [2.24, 2.45) is 0 Å². The molecule has 0 spiro atoms. The summed E-state index contributed by atoms with van der Waals surface area (Å²) in [5.41, 5.74) is 0. The highest BCUT2D eigenvalue weighted by Gasteiger charge is 2.17. The molecule has 1 aliphatic heterocycles. The first-order valence-corrected chi connectivity index (χ1v) is 8.17. The molecule has 0 saturated carbocycles. The lowest BCUT2D eigenvalue weighted by molar-refractivity contribution is 0.276. The van der Waals surface area contributed by atoms with E-state index in [1.807, 2.05) is 18.8 Å². The molecule has 1 unspecified atom stereocenters. The second-order valence-corrected chi connectivity index (χ2v) is 6.52. The van der Waals surface area contributed by atoms with Crippen LogP contribution in [-0.4, -0.2) is 46.7 Å². The van der Waals surface area contributed by atoms with Crippen LogP contribution in [0.25, 0.3) is 0 Å². The number of nitrogens with one attached hydrogen (secondary N) is 1. The van der Waals surface area contributed by atoms with Gasteiger partial charge in [-0.3, -0.25) is 4.90 Å². The fourth-order valence-corrected chi connectivity index (χ4v) is 3.61. The van der Waals surface area contributed by atoms with E-state index in [4.69, 9.17) is 0 Å². The fraction of sp³-hybridized carbons (Fsp3) is 0.818. The van der Waals surface area contributed by atoms with Gasteiger partial charge in [-0.05, 0) is 38.6 Å². The third-order valence-corrected chi connectivity index (χ3v) is 5.20. The fourth-order valence-electron chi connectivity index (χ4n) is 2.13. The number of hydrogen-bond acceptors (Lipinski definition) is 6. The normalized spacial score (nSPS) is 22.4. The van der Waals surface area contributed by atoms with Gasteiger partial charge in [-0.15, -0.1) is 10.2 Å². The number of anilines is 1. The van der Waals surface area contributed by atoms with Crippen LogP contribution in [0.15, 0.2) is 0 Å². The number of thioether (sulfide) groups is 1. The molecule has 0 amide bonds. The SMILES string of the molecule is CNc1nnc(CN2CCCC(SC)CC2)s1. The molecule has 96 valence electrons. The topological polar surface area (TPSA) is 41.1 Å². The minimum absolute atomic E-state index is 0.849. The van der Waals surface area contributed by atoms with Crippen LogP contribution >= 0.6 is 23.1 Å². The number of hydrogen-bond donors (Lipinski definition) is 1. The van der Waals surface area contributed by atoms with Crippen LogP contribution in [0.1, 0.15) is 24.3 Å². The van der Waals surface area contributed by atoms with E-state index < -0.39 is 0 Å². The highest BCUT2D eigenvalue weighted by Crippen LogP contribution is 2.23. The van der Waals surface area contributed by atoms with Gasteiger partial charge in [0.25, 0.3) is 0 Å². The molecule has 1 fully saturated rings. The van der Waals surface area contributed by atoms with Gasteiger partial charge in [0.2, 0.25) is 5.13 Å². The Morgan fingerprint density at radius 3 is 3.00 bits per heavy atom. The van der Waals surface area contributed by atoms with E-state index in [0.717, 1.165) is 21.9 Å². The molecule has 0 radical (unpaired) electrons. The van der Waals surface area contributed by atoms with E-state index >= 15 is 0 Å². The summed E-state index contributed by atoms with van der Waals surface area (Å²) in [5.74, 6) is 0. The monoisotopic (exact) mass is 272 g/mol. The van der Waals surface area contributed by atoms with Crippen molar-refractivity contribution < 1.29 is 0 Å². The maximum Gasteiger partial charge on any atom is 0.205 e. The lowest BCUT2D eigenvalue weighted by Crippen LogP contribution is -2.24. The van der Waals surface area contributed by atoms with Gasteiger partial charge < -0.3 is 5.32 Å². The molecule has 1 atom stereocenters. The number of nitrogens with zero attached hydrogens (tertiary/aromatic N) is 3. The van der Waals surface area contributed by atoms with Crippen LogP contribution in [0.2, 0.25) is 0 Å². The quantitative estimate of drug-likeness (QED) is 0.911. The van der Waals surface area contributed by atoms with Gasteiger partial charge in [0.15, 0.2) is 0 Å². The second-order valence-electron chi connectivity index (χ2n) is 4.32. The first-order valence-electron chi connectivity index (χ1n) is 6.07. The smallest absolute Gasteiger partial charge is 0.205 e. The molecule has 1 aromatic heterocycles. The van der Waals surface area contributed by atoms with Crippen molar-refractivity contribution in [2.45, 2.75) is 31.1 Å². The van der Waals surface area contributed by atoms with Crippen molar-refractivity contribution >= 4 is 28.2 Å². The average molecular weight is 272 g/mol. The highest BCUT2D eigenvalue weighted by molar-refractivity contribution is 7.99. The summed E-state index contributed by atoms with van der Waals surface area (Å²) in [4.78, 5) is 2.51. The summed E-state index contributed by atoms with van der Waals surface area (Å²) < 4.78 is 0. The van der Waals surface area contributed by atoms with E-state index in [9.17, 15) is 0 Å². The molecule has 0 aliphatic carbocycles. The Bertz CT molecular complexity index is 342. The lowest BCUT2D eigenvalue weighted by atomic mass is 10.2. The molecular formula is C11H20N4S2. The molecule has 1 saturated heterocycles. The van der Waals surface area contributed by atoms with E-state index in [0.29, 0.717) is 0 Å². The molecule has 1 aromatic rings. The van der Waals surface area contributed by atoms with Crippen molar-refractivity contribution in [3.05, 3.63) is 5.01 Å². The number of rotatable bonds is 4. The third-order valence-electron chi connectivity index (χ3n) is 3.14. The van der Waals surface area contributed by atoms with Gasteiger partial charge in [-0.1, -0.05) is 11.3 Å². The van der Waals surface area contributed by atoms with Gasteiger partial charge in [-0.25, -0.2) is 0 Å².